The van der Waals surface area contributed by atoms with E-state index < -0.39 is 11.9 Å². The van der Waals surface area contributed by atoms with Crippen LogP contribution in [0.15, 0.2) is 60.8 Å². The fourth-order valence-corrected chi connectivity index (χ4v) is 2.98. The third-order valence-electron chi connectivity index (χ3n) is 3.81. The Bertz CT molecular complexity index is 967. The monoisotopic (exact) mass is 399 g/mol. The number of hydrogen-bond donors (Lipinski definition) is 2. The molecule has 0 saturated carbocycles. The zero-order valence-corrected chi connectivity index (χ0v) is 15.8. The third-order valence-corrected chi connectivity index (χ3v) is 4.44. The van der Waals surface area contributed by atoms with Crippen LogP contribution in [0.5, 0.6) is 0 Å². The van der Waals surface area contributed by atoms with Gasteiger partial charge in [0, 0.05) is 11.8 Å². The lowest BCUT2D eigenvalue weighted by atomic mass is 10.1. The van der Waals surface area contributed by atoms with Crippen molar-refractivity contribution in [1.82, 2.24) is 10.3 Å². The molecule has 27 heavy (non-hydrogen) atoms. The largest absolute Gasteiger partial charge is 0.327 e. The molecule has 0 atom stereocenters. The van der Waals surface area contributed by atoms with E-state index in [1.54, 1.807) is 18.3 Å². The molecule has 1 aromatic heterocycles. The molecule has 3 aromatic rings. The van der Waals surface area contributed by atoms with E-state index in [2.05, 4.69) is 15.6 Å². The lowest BCUT2D eigenvalue weighted by Gasteiger charge is -2.09. The highest BCUT2D eigenvalue weighted by Gasteiger charge is 2.17. The molecule has 0 radical (unpaired) electrons. The van der Waals surface area contributed by atoms with Gasteiger partial charge in [0.1, 0.15) is 5.82 Å². The maximum Gasteiger partial charge on any atom is 0.327 e. The van der Waals surface area contributed by atoms with Crippen LogP contribution in [-0.2, 0) is 0 Å². The Balaban J connectivity index is 1.66. The van der Waals surface area contributed by atoms with Crippen molar-refractivity contribution in [2.75, 3.05) is 5.32 Å². The number of benzene rings is 2. The second-order valence-electron chi connectivity index (χ2n) is 5.80. The molecule has 0 unspecified atom stereocenters. The Morgan fingerprint density at radius 3 is 2.11 bits per heavy atom. The van der Waals surface area contributed by atoms with Gasteiger partial charge in [-0.05, 0) is 36.8 Å². The summed E-state index contributed by atoms with van der Waals surface area (Å²) in [6.45, 7) is 2.02. The van der Waals surface area contributed by atoms with E-state index >= 15 is 0 Å². The molecular weight excluding hydrogens is 385 g/mol. The predicted octanol–water partition coefficient (Wildman–Crippen LogP) is 5.33. The zero-order chi connectivity index (χ0) is 19.4. The zero-order valence-electron chi connectivity index (χ0n) is 14.3. The van der Waals surface area contributed by atoms with Gasteiger partial charge in [0.05, 0.1) is 15.6 Å². The number of aromatic nitrogens is 1. The van der Waals surface area contributed by atoms with Gasteiger partial charge >= 0.3 is 6.03 Å². The molecule has 0 aliphatic carbocycles. The molecule has 5 nitrogen and oxygen atoms in total. The van der Waals surface area contributed by atoms with Gasteiger partial charge in [-0.3, -0.25) is 15.4 Å². The van der Waals surface area contributed by atoms with Crippen LogP contribution in [0, 0.1) is 6.92 Å². The smallest absolute Gasteiger partial charge is 0.292 e. The summed E-state index contributed by atoms with van der Waals surface area (Å²) in [6.07, 6.45) is 1.65. The number of imide groups is 1. The number of amides is 3. The van der Waals surface area contributed by atoms with E-state index in [1.807, 2.05) is 37.3 Å². The molecule has 0 bridgehead atoms. The molecule has 0 saturated heterocycles. The Morgan fingerprint density at radius 1 is 0.889 bits per heavy atom. The summed E-state index contributed by atoms with van der Waals surface area (Å²) < 4.78 is 0. The molecular formula is C20H15Cl2N3O2. The lowest BCUT2D eigenvalue weighted by Crippen LogP contribution is -2.34. The Kier molecular flexibility index (Phi) is 5.74. The van der Waals surface area contributed by atoms with Crippen molar-refractivity contribution in [3.63, 3.8) is 0 Å². The molecule has 2 aromatic carbocycles. The van der Waals surface area contributed by atoms with Gasteiger partial charge < -0.3 is 0 Å². The molecule has 2 N–H and O–H groups in total. The van der Waals surface area contributed by atoms with Gasteiger partial charge in [0.25, 0.3) is 5.91 Å². The van der Waals surface area contributed by atoms with E-state index in [-0.39, 0.29) is 15.6 Å². The minimum atomic E-state index is -0.730. The topological polar surface area (TPSA) is 71.1 Å². The van der Waals surface area contributed by atoms with Crippen molar-refractivity contribution in [3.8, 4) is 11.1 Å². The Labute approximate surface area is 166 Å². The van der Waals surface area contributed by atoms with Crippen LogP contribution in [0.4, 0.5) is 10.6 Å². The van der Waals surface area contributed by atoms with Crippen LogP contribution in [-0.4, -0.2) is 16.9 Å². The lowest BCUT2D eigenvalue weighted by molar-refractivity contribution is 0.0967. The molecule has 3 rings (SSSR count). The molecule has 0 aliphatic heterocycles. The number of urea groups is 1. The first-order chi connectivity index (χ1) is 12.9. The highest BCUT2D eigenvalue weighted by molar-refractivity contribution is 6.40. The van der Waals surface area contributed by atoms with E-state index in [1.165, 1.54) is 17.7 Å². The predicted molar refractivity (Wildman–Crippen MR) is 107 cm³/mol. The van der Waals surface area contributed by atoms with Crippen LogP contribution in [0.25, 0.3) is 11.1 Å². The average molecular weight is 400 g/mol. The molecule has 7 heteroatoms. The Hall–Kier alpha value is -2.89. The maximum atomic E-state index is 12.2. The van der Waals surface area contributed by atoms with Crippen LogP contribution in [0.3, 0.4) is 0 Å². The minimum absolute atomic E-state index is 0.0404. The summed E-state index contributed by atoms with van der Waals surface area (Å²) in [4.78, 5) is 28.4. The number of pyridine rings is 1. The highest BCUT2D eigenvalue weighted by Crippen LogP contribution is 2.24. The summed E-state index contributed by atoms with van der Waals surface area (Å²) >= 11 is 11.9. The quantitative estimate of drug-likeness (QED) is 0.625. The van der Waals surface area contributed by atoms with E-state index in [0.29, 0.717) is 5.82 Å². The fourth-order valence-electron chi connectivity index (χ4n) is 2.41. The van der Waals surface area contributed by atoms with Crippen molar-refractivity contribution >= 4 is 41.0 Å². The first-order valence-electron chi connectivity index (χ1n) is 8.03. The normalized spacial score (nSPS) is 10.3. The number of anilines is 1. The van der Waals surface area contributed by atoms with Crippen LogP contribution >= 0.6 is 23.2 Å². The van der Waals surface area contributed by atoms with Gasteiger partial charge in [-0.1, -0.05) is 59.1 Å². The summed E-state index contributed by atoms with van der Waals surface area (Å²) in [5.41, 5.74) is 3.15. The van der Waals surface area contributed by atoms with Gasteiger partial charge in [0.15, 0.2) is 0 Å². The van der Waals surface area contributed by atoms with Crippen molar-refractivity contribution in [2.24, 2.45) is 0 Å². The van der Waals surface area contributed by atoms with E-state index in [4.69, 9.17) is 23.2 Å². The summed E-state index contributed by atoms with van der Waals surface area (Å²) in [5.74, 6) is -0.388. The number of rotatable bonds is 3. The summed E-state index contributed by atoms with van der Waals surface area (Å²) in [6, 6.07) is 15.4. The SMILES string of the molecule is Cc1ccc(-c2ccc(NC(=O)NC(=O)c3c(Cl)cccc3Cl)nc2)cc1. The third kappa shape index (κ3) is 4.64. The summed E-state index contributed by atoms with van der Waals surface area (Å²) in [5, 5.41) is 5.00. The number of nitrogens with one attached hydrogen (secondary N) is 2. The molecule has 0 spiro atoms. The fraction of sp³-hybridized carbons (Fsp3) is 0.0500. The second-order valence-corrected chi connectivity index (χ2v) is 6.62. The minimum Gasteiger partial charge on any atom is -0.292 e. The highest BCUT2D eigenvalue weighted by atomic mass is 35.5. The number of halogens is 2. The number of carbonyl (C=O) groups is 2. The molecule has 136 valence electrons. The van der Waals surface area contributed by atoms with Crippen LogP contribution in [0.2, 0.25) is 10.0 Å². The average Bonchev–Trinajstić information content (AvgIpc) is 2.63. The molecule has 1 heterocycles. The molecule has 0 aliphatic rings. The first kappa shape index (κ1) is 18.9. The van der Waals surface area contributed by atoms with Gasteiger partial charge in [-0.15, -0.1) is 0 Å². The molecule has 0 fully saturated rings. The second kappa shape index (κ2) is 8.20. The first-order valence-corrected chi connectivity index (χ1v) is 8.79. The Morgan fingerprint density at radius 2 is 1.52 bits per heavy atom. The number of nitrogens with zero attached hydrogens (tertiary/aromatic N) is 1. The van der Waals surface area contributed by atoms with Crippen molar-refractivity contribution < 1.29 is 9.59 Å². The van der Waals surface area contributed by atoms with Crippen molar-refractivity contribution in [1.29, 1.82) is 0 Å². The number of hydrogen-bond acceptors (Lipinski definition) is 3. The van der Waals surface area contributed by atoms with E-state index in [0.717, 1.165) is 11.1 Å². The molecule has 3 amide bonds. The van der Waals surface area contributed by atoms with Gasteiger partial charge in [-0.25, -0.2) is 9.78 Å². The van der Waals surface area contributed by atoms with Gasteiger partial charge in [-0.2, -0.15) is 0 Å². The standard InChI is InChI=1S/C20H15Cl2N3O2/c1-12-5-7-13(8-6-12)14-9-10-17(23-11-14)24-20(27)25-19(26)18-15(21)3-2-4-16(18)22/h2-11H,1H3,(H2,23,24,25,26,27). The van der Waals surface area contributed by atoms with E-state index in [9.17, 15) is 9.59 Å². The van der Waals surface area contributed by atoms with Crippen LogP contribution < -0.4 is 10.6 Å². The van der Waals surface area contributed by atoms with Crippen molar-refractivity contribution in [3.05, 3.63) is 82.0 Å². The number of aryl methyl sites for hydroxylation is 1. The van der Waals surface area contributed by atoms with Crippen molar-refractivity contribution in [2.45, 2.75) is 6.92 Å². The maximum absolute atomic E-state index is 12.2. The van der Waals surface area contributed by atoms with Crippen LogP contribution in [0.1, 0.15) is 15.9 Å². The van der Waals surface area contributed by atoms with Gasteiger partial charge in [0.2, 0.25) is 0 Å². The number of carbonyl (C=O) groups excluding carboxylic acids is 2. The summed E-state index contributed by atoms with van der Waals surface area (Å²) in [7, 11) is 0.